The third-order valence-corrected chi connectivity index (χ3v) is 3.09. The lowest BCUT2D eigenvalue weighted by Crippen LogP contribution is -2.33. The molecule has 0 spiro atoms. The Balaban J connectivity index is 2.09. The summed E-state index contributed by atoms with van der Waals surface area (Å²) in [6.45, 7) is 5.16. The minimum atomic E-state index is -0.678. The molecule has 1 fully saturated rings. The quantitative estimate of drug-likeness (QED) is 0.506. The number of rotatable bonds is 9. The maximum absolute atomic E-state index is 11.6. The molecular formula is C14H25NO5. The molecule has 6 heteroatoms. The second kappa shape index (κ2) is 9.72. The maximum Gasteiger partial charge on any atom is 0.335 e. The maximum atomic E-state index is 11.6. The van der Waals surface area contributed by atoms with Crippen molar-refractivity contribution in [2.24, 2.45) is 0 Å². The Morgan fingerprint density at radius 2 is 2.25 bits per heavy atom. The normalized spacial score (nSPS) is 19.6. The molecule has 0 saturated carbocycles. The van der Waals surface area contributed by atoms with Crippen LogP contribution in [0, 0.1) is 0 Å². The molecule has 2 atom stereocenters. The van der Waals surface area contributed by atoms with E-state index >= 15 is 0 Å². The van der Waals surface area contributed by atoms with Crippen LogP contribution in [-0.4, -0.2) is 50.4 Å². The lowest BCUT2D eigenvalue weighted by atomic mass is 10.2. The van der Waals surface area contributed by atoms with E-state index < -0.39 is 12.1 Å². The second-order valence-corrected chi connectivity index (χ2v) is 4.92. The van der Waals surface area contributed by atoms with Gasteiger partial charge < -0.3 is 19.5 Å². The van der Waals surface area contributed by atoms with E-state index in [0.29, 0.717) is 13.2 Å². The number of nitrogens with one attached hydrogen (secondary N) is 1. The lowest BCUT2D eigenvalue weighted by Gasteiger charge is -2.15. The summed E-state index contributed by atoms with van der Waals surface area (Å²) in [6, 6.07) is 0. The number of carbonyl (C=O) groups excluding carboxylic acids is 2. The number of hydrogen-bond acceptors (Lipinski definition) is 5. The zero-order valence-electron chi connectivity index (χ0n) is 12.4. The molecule has 0 radical (unpaired) electrons. The van der Waals surface area contributed by atoms with Crippen molar-refractivity contribution in [2.45, 2.75) is 51.7 Å². The molecule has 1 saturated heterocycles. The summed E-state index contributed by atoms with van der Waals surface area (Å²) < 4.78 is 15.7. The minimum Gasteiger partial charge on any atom is -0.454 e. The van der Waals surface area contributed by atoms with Gasteiger partial charge in [-0.2, -0.15) is 0 Å². The van der Waals surface area contributed by atoms with Gasteiger partial charge in [0, 0.05) is 13.2 Å². The van der Waals surface area contributed by atoms with Gasteiger partial charge in [-0.25, -0.2) is 4.79 Å². The number of amides is 1. The second-order valence-electron chi connectivity index (χ2n) is 4.92. The van der Waals surface area contributed by atoms with E-state index in [2.05, 4.69) is 5.32 Å². The molecule has 1 aliphatic rings. The van der Waals surface area contributed by atoms with Gasteiger partial charge in [0.1, 0.15) is 0 Å². The van der Waals surface area contributed by atoms with Crippen LogP contribution in [0.25, 0.3) is 0 Å². The molecule has 1 amide bonds. The summed E-state index contributed by atoms with van der Waals surface area (Å²) in [7, 11) is 0. The van der Waals surface area contributed by atoms with Gasteiger partial charge in [-0.3, -0.25) is 4.79 Å². The van der Waals surface area contributed by atoms with Crippen molar-refractivity contribution in [1.29, 1.82) is 0 Å². The molecule has 116 valence electrons. The van der Waals surface area contributed by atoms with Crippen molar-refractivity contribution in [3.05, 3.63) is 0 Å². The molecule has 1 N–H and O–H groups in total. The molecule has 1 rings (SSSR count). The average Bonchev–Trinajstić information content (AvgIpc) is 2.95. The molecule has 0 aliphatic carbocycles. The number of esters is 1. The number of hydrogen-bond donors (Lipinski definition) is 1. The highest BCUT2D eigenvalue weighted by molar-refractivity contribution is 5.81. The first-order valence-electron chi connectivity index (χ1n) is 7.30. The van der Waals surface area contributed by atoms with E-state index in [1.807, 2.05) is 6.92 Å². The topological polar surface area (TPSA) is 73.9 Å². The van der Waals surface area contributed by atoms with Crippen molar-refractivity contribution in [3.8, 4) is 0 Å². The predicted molar refractivity (Wildman–Crippen MR) is 73.3 cm³/mol. The SMILES string of the molecule is CCCCNC(=O)COC(=O)C(C)OCC1CCCO1. The van der Waals surface area contributed by atoms with E-state index in [4.69, 9.17) is 14.2 Å². The monoisotopic (exact) mass is 287 g/mol. The highest BCUT2D eigenvalue weighted by Crippen LogP contribution is 2.12. The van der Waals surface area contributed by atoms with Crippen molar-refractivity contribution >= 4 is 11.9 Å². The third kappa shape index (κ3) is 6.86. The number of ether oxygens (including phenoxy) is 3. The molecule has 1 aliphatic heterocycles. The summed E-state index contributed by atoms with van der Waals surface area (Å²) in [5, 5.41) is 2.68. The van der Waals surface area contributed by atoms with E-state index in [9.17, 15) is 9.59 Å². The Kier molecular flexibility index (Phi) is 8.22. The standard InChI is InChI=1S/C14H25NO5/c1-3-4-7-15-13(16)10-20-14(17)11(2)19-9-12-6-5-8-18-12/h11-12H,3-10H2,1-2H3,(H,15,16). The van der Waals surface area contributed by atoms with Crippen LogP contribution in [0.15, 0.2) is 0 Å². The van der Waals surface area contributed by atoms with Crippen LogP contribution >= 0.6 is 0 Å². The van der Waals surface area contributed by atoms with Crippen LogP contribution in [0.3, 0.4) is 0 Å². The highest BCUT2D eigenvalue weighted by Gasteiger charge is 2.21. The fourth-order valence-corrected chi connectivity index (χ4v) is 1.81. The van der Waals surface area contributed by atoms with Crippen LogP contribution in [0.5, 0.6) is 0 Å². The minimum absolute atomic E-state index is 0.0718. The lowest BCUT2D eigenvalue weighted by molar-refractivity contribution is -0.160. The fourth-order valence-electron chi connectivity index (χ4n) is 1.81. The summed E-state index contributed by atoms with van der Waals surface area (Å²) in [6.07, 6.45) is 3.31. The predicted octanol–water partition coefficient (Wildman–Crippen LogP) is 1.03. The van der Waals surface area contributed by atoms with Gasteiger partial charge in [-0.15, -0.1) is 0 Å². The first-order chi connectivity index (χ1) is 9.63. The van der Waals surface area contributed by atoms with E-state index in [1.54, 1.807) is 6.92 Å². The van der Waals surface area contributed by atoms with E-state index in [-0.39, 0.29) is 18.6 Å². The Labute approximate surface area is 120 Å². The fraction of sp³-hybridized carbons (Fsp3) is 0.857. The summed E-state index contributed by atoms with van der Waals surface area (Å²) in [5.74, 6) is -0.799. The number of carbonyl (C=O) groups is 2. The Morgan fingerprint density at radius 1 is 1.45 bits per heavy atom. The summed E-state index contributed by atoms with van der Waals surface area (Å²) in [5.41, 5.74) is 0. The van der Waals surface area contributed by atoms with Crippen LogP contribution in [0.2, 0.25) is 0 Å². The molecule has 0 aromatic carbocycles. The van der Waals surface area contributed by atoms with Crippen LogP contribution in [0.1, 0.15) is 39.5 Å². The zero-order chi connectivity index (χ0) is 14.8. The number of unbranched alkanes of at least 4 members (excludes halogenated alkanes) is 1. The Morgan fingerprint density at radius 3 is 2.90 bits per heavy atom. The molecule has 2 unspecified atom stereocenters. The van der Waals surface area contributed by atoms with Gasteiger partial charge >= 0.3 is 5.97 Å². The first kappa shape index (κ1) is 16.9. The first-order valence-corrected chi connectivity index (χ1v) is 7.30. The van der Waals surface area contributed by atoms with Gasteiger partial charge in [0.15, 0.2) is 12.7 Å². The Bertz CT molecular complexity index is 302. The van der Waals surface area contributed by atoms with Gasteiger partial charge in [-0.05, 0) is 26.2 Å². The smallest absolute Gasteiger partial charge is 0.335 e. The summed E-state index contributed by atoms with van der Waals surface area (Å²) >= 11 is 0. The van der Waals surface area contributed by atoms with Gasteiger partial charge in [0.2, 0.25) is 0 Å². The molecule has 1 heterocycles. The largest absolute Gasteiger partial charge is 0.454 e. The van der Waals surface area contributed by atoms with Crippen LogP contribution < -0.4 is 5.32 Å². The van der Waals surface area contributed by atoms with Gasteiger partial charge in [0.25, 0.3) is 5.91 Å². The molecule has 0 aromatic heterocycles. The van der Waals surface area contributed by atoms with Crippen molar-refractivity contribution in [3.63, 3.8) is 0 Å². The van der Waals surface area contributed by atoms with Gasteiger partial charge in [0.05, 0.1) is 12.7 Å². The summed E-state index contributed by atoms with van der Waals surface area (Å²) in [4.78, 5) is 23.0. The van der Waals surface area contributed by atoms with Crippen molar-refractivity contribution in [1.82, 2.24) is 5.32 Å². The van der Waals surface area contributed by atoms with Gasteiger partial charge in [-0.1, -0.05) is 13.3 Å². The van der Waals surface area contributed by atoms with Crippen molar-refractivity contribution in [2.75, 3.05) is 26.4 Å². The van der Waals surface area contributed by atoms with Crippen LogP contribution in [-0.2, 0) is 23.8 Å². The van der Waals surface area contributed by atoms with E-state index in [1.165, 1.54) is 0 Å². The highest BCUT2D eigenvalue weighted by atomic mass is 16.6. The average molecular weight is 287 g/mol. The molecule has 20 heavy (non-hydrogen) atoms. The third-order valence-electron chi connectivity index (χ3n) is 3.09. The Hall–Kier alpha value is -1.14. The van der Waals surface area contributed by atoms with Crippen LogP contribution in [0.4, 0.5) is 0 Å². The van der Waals surface area contributed by atoms with E-state index in [0.717, 1.165) is 32.3 Å². The molecule has 0 bridgehead atoms. The zero-order valence-corrected chi connectivity index (χ0v) is 12.4. The molecule has 0 aromatic rings. The molecule has 6 nitrogen and oxygen atoms in total. The van der Waals surface area contributed by atoms with Crippen molar-refractivity contribution < 1.29 is 23.8 Å². The molecular weight excluding hydrogens is 262 g/mol.